The fourth-order valence-corrected chi connectivity index (χ4v) is 2.64. The zero-order valence-corrected chi connectivity index (χ0v) is 12.3. The molecule has 1 N–H and O–H groups in total. The summed E-state index contributed by atoms with van der Waals surface area (Å²) in [7, 11) is 0. The predicted octanol–water partition coefficient (Wildman–Crippen LogP) is 2.66. The Morgan fingerprint density at radius 3 is 2.89 bits per heavy atom. The van der Waals surface area contributed by atoms with Gasteiger partial charge in [-0.05, 0) is 32.6 Å². The van der Waals surface area contributed by atoms with E-state index >= 15 is 0 Å². The minimum atomic E-state index is -1.05. The molecule has 1 aromatic heterocycles. The van der Waals surface area contributed by atoms with Gasteiger partial charge in [0.1, 0.15) is 17.4 Å². The average Bonchev–Trinajstić information content (AvgIpc) is 2.96. The number of hydrogen-bond acceptors (Lipinski definition) is 3. The Balaban J connectivity index is 2.17. The van der Waals surface area contributed by atoms with Gasteiger partial charge in [0.15, 0.2) is 0 Å². The molecule has 0 bridgehead atoms. The van der Waals surface area contributed by atoms with Crippen molar-refractivity contribution in [3.05, 3.63) is 18.2 Å². The van der Waals surface area contributed by atoms with E-state index in [4.69, 9.17) is 28.5 Å². The van der Waals surface area contributed by atoms with Crippen molar-refractivity contribution in [3.8, 4) is 6.07 Å². The zero-order valence-electron chi connectivity index (χ0n) is 10.8. The summed E-state index contributed by atoms with van der Waals surface area (Å²) < 4.78 is 1.65. The van der Waals surface area contributed by atoms with Crippen molar-refractivity contribution in [2.75, 3.05) is 0 Å². The van der Waals surface area contributed by atoms with Crippen LogP contribution in [-0.4, -0.2) is 30.5 Å². The highest BCUT2D eigenvalue weighted by molar-refractivity contribution is 6.26. The number of rotatable bonds is 6. The molecule has 1 aliphatic rings. The molecule has 1 aromatic rings. The molecule has 1 aliphatic carbocycles. The van der Waals surface area contributed by atoms with Crippen molar-refractivity contribution < 1.29 is 5.11 Å². The molecule has 4 nitrogen and oxygen atoms in total. The van der Waals surface area contributed by atoms with Crippen molar-refractivity contribution in [2.24, 2.45) is 0 Å². The fourth-order valence-electron chi connectivity index (χ4n) is 2.28. The van der Waals surface area contributed by atoms with Gasteiger partial charge in [-0.1, -0.05) is 0 Å². The average molecular weight is 302 g/mol. The van der Waals surface area contributed by atoms with E-state index in [0.717, 1.165) is 12.8 Å². The molecular formula is C13H17Cl2N3O. The van der Waals surface area contributed by atoms with Crippen LogP contribution in [0.3, 0.4) is 0 Å². The van der Waals surface area contributed by atoms with Crippen molar-refractivity contribution in [1.82, 2.24) is 9.55 Å². The Kier molecular flexibility index (Phi) is 4.10. The number of imidazole rings is 1. The van der Waals surface area contributed by atoms with Gasteiger partial charge < -0.3 is 9.67 Å². The summed E-state index contributed by atoms with van der Waals surface area (Å²) in [4.78, 5) is 3.35. The van der Waals surface area contributed by atoms with Gasteiger partial charge in [-0.3, -0.25) is 0 Å². The van der Waals surface area contributed by atoms with Gasteiger partial charge in [0.05, 0.1) is 23.9 Å². The van der Waals surface area contributed by atoms with E-state index in [1.54, 1.807) is 10.9 Å². The normalized spacial score (nSPS) is 21.4. The molecule has 2 atom stereocenters. The molecule has 0 aliphatic heterocycles. The number of aromatic nitrogens is 2. The van der Waals surface area contributed by atoms with Crippen LogP contribution < -0.4 is 0 Å². The van der Waals surface area contributed by atoms with Crippen molar-refractivity contribution >= 4 is 23.2 Å². The van der Waals surface area contributed by atoms with Gasteiger partial charge in [0.25, 0.3) is 0 Å². The van der Waals surface area contributed by atoms with Gasteiger partial charge in [-0.25, -0.2) is 4.98 Å². The quantitative estimate of drug-likeness (QED) is 0.822. The van der Waals surface area contributed by atoms with Gasteiger partial charge in [-0.2, -0.15) is 5.26 Å². The highest BCUT2D eigenvalue weighted by Crippen LogP contribution is 2.53. The molecule has 1 heterocycles. The first-order chi connectivity index (χ1) is 8.90. The molecule has 0 saturated heterocycles. The van der Waals surface area contributed by atoms with E-state index in [1.807, 2.05) is 6.92 Å². The van der Waals surface area contributed by atoms with Crippen molar-refractivity contribution in [3.63, 3.8) is 0 Å². The standard InChI is InChI=1S/C13H17Cl2N3O/c1-10(14)2-3-13(19,12(15)4-5-12)8-18-9-17-7-11(18)6-16/h7,9-10,19H,2-5,8H2,1H3. The Hall–Kier alpha value is -0.760. The zero-order chi connectivity index (χ0) is 14.1. The summed E-state index contributed by atoms with van der Waals surface area (Å²) in [6.45, 7) is 2.18. The third-order valence-corrected chi connectivity index (χ3v) is 4.69. The second kappa shape index (κ2) is 5.32. The highest BCUT2D eigenvalue weighted by Gasteiger charge is 2.57. The number of nitrogens with zero attached hydrogens (tertiary/aromatic N) is 3. The SMILES string of the molecule is CC(Cl)CCC(O)(Cn1cncc1C#N)C1(Cl)CC1. The summed E-state index contributed by atoms with van der Waals surface area (Å²) in [6, 6.07) is 2.06. The minimum absolute atomic E-state index is 0.0104. The Morgan fingerprint density at radius 1 is 1.68 bits per heavy atom. The second-order valence-electron chi connectivity index (χ2n) is 5.33. The molecule has 0 spiro atoms. The lowest BCUT2D eigenvalue weighted by Gasteiger charge is -2.34. The number of hydrogen-bond donors (Lipinski definition) is 1. The molecule has 19 heavy (non-hydrogen) atoms. The number of halogens is 2. The molecule has 2 unspecified atom stereocenters. The smallest absolute Gasteiger partial charge is 0.139 e. The first kappa shape index (κ1) is 14.6. The van der Waals surface area contributed by atoms with E-state index in [1.165, 1.54) is 6.20 Å². The van der Waals surface area contributed by atoms with Crippen LogP contribution in [0.15, 0.2) is 12.5 Å². The molecule has 0 radical (unpaired) electrons. The largest absolute Gasteiger partial charge is 0.386 e. The summed E-state index contributed by atoms with van der Waals surface area (Å²) in [5.74, 6) is 0. The molecule has 2 rings (SSSR count). The number of nitriles is 1. The van der Waals surface area contributed by atoms with Crippen LogP contribution in [-0.2, 0) is 6.54 Å². The summed E-state index contributed by atoms with van der Waals surface area (Å²) in [5, 5.41) is 19.9. The van der Waals surface area contributed by atoms with E-state index in [2.05, 4.69) is 11.1 Å². The van der Waals surface area contributed by atoms with E-state index in [-0.39, 0.29) is 11.9 Å². The molecule has 1 fully saturated rings. The van der Waals surface area contributed by atoms with Crippen LogP contribution >= 0.6 is 23.2 Å². The van der Waals surface area contributed by atoms with Crippen LogP contribution in [0, 0.1) is 11.3 Å². The number of alkyl halides is 2. The Bertz CT molecular complexity index is 490. The van der Waals surface area contributed by atoms with Gasteiger partial charge in [-0.15, -0.1) is 23.2 Å². The van der Waals surface area contributed by atoms with Crippen molar-refractivity contribution in [2.45, 2.75) is 55.0 Å². The molecular weight excluding hydrogens is 285 g/mol. The molecule has 0 amide bonds. The van der Waals surface area contributed by atoms with Crippen LogP contribution in [0.25, 0.3) is 0 Å². The maximum absolute atomic E-state index is 10.9. The minimum Gasteiger partial charge on any atom is -0.386 e. The molecule has 6 heteroatoms. The van der Waals surface area contributed by atoms with Crippen LogP contribution in [0.5, 0.6) is 0 Å². The highest BCUT2D eigenvalue weighted by atomic mass is 35.5. The Morgan fingerprint density at radius 2 is 2.37 bits per heavy atom. The summed E-state index contributed by atoms with van der Waals surface area (Å²) >= 11 is 12.4. The lowest BCUT2D eigenvalue weighted by atomic mass is 9.90. The molecule has 1 saturated carbocycles. The van der Waals surface area contributed by atoms with Crippen LogP contribution in [0.1, 0.15) is 38.3 Å². The summed E-state index contributed by atoms with van der Waals surface area (Å²) in [5.41, 5.74) is -0.623. The van der Waals surface area contributed by atoms with E-state index in [0.29, 0.717) is 18.5 Å². The number of aliphatic hydroxyl groups is 1. The maximum Gasteiger partial charge on any atom is 0.139 e. The lowest BCUT2D eigenvalue weighted by molar-refractivity contribution is 0.000500. The second-order valence-corrected chi connectivity index (χ2v) is 6.80. The summed E-state index contributed by atoms with van der Waals surface area (Å²) in [6.07, 6.45) is 5.82. The fraction of sp³-hybridized carbons (Fsp3) is 0.692. The molecule has 104 valence electrons. The van der Waals surface area contributed by atoms with E-state index < -0.39 is 10.5 Å². The topological polar surface area (TPSA) is 61.8 Å². The van der Waals surface area contributed by atoms with Crippen molar-refractivity contribution in [1.29, 1.82) is 5.26 Å². The predicted molar refractivity (Wildman–Crippen MR) is 74.3 cm³/mol. The first-order valence-corrected chi connectivity index (χ1v) is 7.17. The third-order valence-electron chi connectivity index (χ3n) is 3.74. The monoisotopic (exact) mass is 301 g/mol. The molecule has 0 aromatic carbocycles. The lowest BCUT2D eigenvalue weighted by Crippen LogP contribution is -2.45. The third kappa shape index (κ3) is 3.05. The van der Waals surface area contributed by atoms with E-state index in [9.17, 15) is 5.11 Å². The first-order valence-electron chi connectivity index (χ1n) is 6.36. The van der Waals surface area contributed by atoms with Crippen LogP contribution in [0.4, 0.5) is 0 Å². The van der Waals surface area contributed by atoms with Gasteiger partial charge >= 0.3 is 0 Å². The van der Waals surface area contributed by atoms with Gasteiger partial charge in [0, 0.05) is 5.38 Å². The maximum atomic E-state index is 10.9. The Labute approximate surface area is 123 Å². The van der Waals surface area contributed by atoms with Gasteiger partial charge in [0.2, 0.25) is 0 Å². The van der Waals surface area contributed by atoms with Crippen LogP contribution in [0.2, 0.25) is 0 Å².